The summed E-state index contributed by atoms with van der Waals surface area (Å²) in [5.74, 6) is 0.594. The Morgan fingerprint density at radius 1 is 0.542 bits per heavy atom. The molecule has 0 saturated carbocycles. The Morgan fingerprint density at radius 3 is 1.78 bits per heavy atom. The van der Waals surface area contributed by atoms with Gasteiger partial charge >= 0.3 is 0 Å². The third-order valence-electron chi connectivity index (χ3n) is 11.2. The number of nitrogens with zero attached hydrogens (tertiary/aromatic N) is 5. The smallest absolute Gasteiger partial charge is 0.235 e. The van der Waals surface area contributed by atoms with Crippen LogP contribution in [0, 0.1) is 0 Å². The number of aromatic nitrogens is 5. The van der Waals surface area contributed by atoms with Gasteiger partial charge in [-0.25, -0.2) is 9.97 Å². The Morgan fingerprint density at radius 2 is 1.14 bits per heavy atom. The van der Waals surface area contributed by atoms with Crippen molar-refractivity contribution in [3.8, 4) is 28.6 Å². The molecule has 0 unspecified atom stereocenters. The molecule has 0 saturated heterocycles. The van der Waals surface area contributed by atoms with E-state index in [4.69, 9.17) is 9.97 Å². The molecule has 0 aliphatic heterocycles. The standard InChI is InChI=1S/C54H41N5/c1-5-19-36(20-6-2)46-35-47(37-22-10-9-11-23-37)56-54(55-46)59-51-31-17-14-28-43(51)45-33-32-44-42-27-13-16-30-50(42)58(52(44)53(45)59)39-25-18-24-38(34-39)57-48(21-7-3)40(8-4)41-26-12-15-29-49(41)57/h5-35H,1,4H2,2-3H3/b20-6-,21-7-,36-19+. The maximum Gasteiger partial charge on any atom is 0.235 e. The fraction of sp³-hybridized carbons (Fsp3) is 0.0370. The van der Waals surface area contributed by atoms with E-state index in [0.29, 0.717) is 5.95 Å². The largest absolute Gasteiger partial charge is 0.309 e. The summed E-state index contributed by atoms with van der Waals surface area (Å²) in [5, 5.41) is 5.75. The van der Waals surface area contributed by atoms with Gasteiger partial charge in [-0.15, -0.1) is 0 Å². The zero-order chi connectivity index (χ0) is 40.0. The summed E-state index contributed by atoms with van der Waals surface area (Å²) in [6.07, 6.45) is 14.2. The van der Waals surface area contributed by atoms with Crippen LogP contribution in [0.3, 0.4) is 0 Å². The lowest BCUT2D eigenvalue weighted by atomic mass is 10.1. The van der Waals surface area contributed by atoms with E-state index < -0.39 is 0 Å². The lowest BCUT2D eigenvalue weighted by Gasteiger charge is -2.15. The highest BCUT2D eigenvalue weighted by molar-refractivity contribution is 6.23. The third-order valence-corrected chi connectivity index (χ3v) is 11.2. The van der Waals surface area contributed by atoms with Gasteiger partial charge in [0.1, 0.15) is 0 Å². The van der Waals surface area contributed by atoms with Gasteiger partial charge in [-0.1, -0.05) is 153 Å². The van der Waals surface area contributed by atoms with Crippen LogP contribution < -0.4 is 0 Å². The van der Waals surface area contributed by atoms with Crippen LogP contribution >= 0.6 is 0 Å². The number of rotatable bonds is 9. The normalized spacial score (nSPS) is 12.3. The predicted octanol–water partition coefficient (Wildman–Crippen LogP) is 14.1. The number of fused-ring (bicyclic) bond motifs is 8. The number of benzene rings is 6. The minimum Gasteiger partial charge on any atom is -0.309 e. The Kier molecular flexibility index (Phi) is 8.84. The average Bonchev–Trinajstić information content (AvgIpc) is 3.92. The molecule has 10 rings (SSSR count). The maximum absolute atomic E-state index is 5.38. The number of allylic oxidation sites excluding steroid dienone is 6. The predicted molar refractivity (Wildman–Crippen MR) is 251 cm³/mol. The van der Waals surface area contributed by atoms with Crippen molar-refractivity contribution in [2.75, 3.05) is 0 Å². The molecule has 10 aromatic rings. The first-order valence-electron chi connectivity index (χ1n) is 20.0. The van der Waals surface area contributed by atoms with Gasteiger partial charge in [0.25, 0.3) is 0 Å². The van der Waals surface area contributed by atoms with Crippen LogP contribution in [0.4, 0.5) is 0 Å². The molecule has 0 radical (unpaired) electrons. The first kappa shape index (κ1) is 35.6. The second-order valence-corrected chi connectivity index (χ2v) is 14.6. The van der Waals surface area contributed by atoms with Crippen LogP contribution in [0.1, 0.15) is 30.8 Å². The van der Waals surface area contributed by atoms with E-state index in [-0.39, 0.29) is 0 Å². The van der Waals surface area contributed by atoms with Gasteiger partial charge in [0, 0.05) is 49.4 Å². The van der Waals surface area contributed by atoms with Crippen molar-refractivity contribution in [2.45, 2.75) is 13.8 Å². The summed E-state index contributed by atoms with van der Waals surface area (Å²) in [7, 11) is 0. The molecular weight excluding hydrogens is 719 g/mol. The molecule has 0 fully saturated rings. The molecule has 59 heavy (non-hydrogen) atoms. The van der Waals surface area contributed by atoms with Gasteiger partial charge in [-0.3, -0.25) is 4.57 Å². The quantitative estimate of drug-likeness (QED) is 0.138. The van der Waals surface area contributed by atoms with Gasteiger partial charge in [-0.2, -0.15) is 0 Å². The van der Waals surface area contributed by atoms with Gasteiger partial charge in [0.2, 0.25) is 5.95 Å². The fourth-order valence-corrected chi connectivity index (χ4v) is 8.82. The van der Waals surface area contributed by atoms with E-state index in [0.717, 1.165) is 88.9 Å². The summed E-state index contributed by atoms with van der Waals surface area (Å²) in [6, 6.07) is 51.7. The topological polar surface area (TPSA) is 40.6 Å². The molecule has 0 aliphatic rings. The molecule has 0 spiro atoms. The molecule has 5 heteroatoms. The van der Waals surface area contributed by atoms with Crippen molar-refractivity contribution in [3.05, 3.63) is 206 Å². The van der Waals surface area contributed by atoms with Crippen molar-refractivity contribution in [3.63, 3.8) is 0 Å². The first-order valence-corrected chi connectivity index (χ1v) is 20.0. The lowest BCUT2D eigenvalue weighted by Crippen LogP contribution is -2.06. The minimum atomic E-state index is 0.594. The number of hydrogen-bond acceptors (Lipinski definition) is 2. The maximum atomic E-state index is 5.38. The molecule has 0 aliphatic carbocycles. The van der Waals surface area contributed by atoms with Gasteiger partial charge in [0.05, 0.1) is 44.7 Å². The molecule has 4 aromatic heterocycles. The van der Waals surface area contributed by atoms with E-state index in [1.165, 1.54) is 10.8 Å². The van der Waals surface area contributed by atoms with E-state index in [9.17, 15) is 0 Å². The highest BCUT2D eigenvalue weighted by atomic mass is 15.2. The van der Waals surface area contributed by atoms with Gasteiger partial charge < -0.3 is 9.13 Å². The van der Waals surface area contributed by atoms with Crippen molar-refractivity contribution in [1.82, 2.24) is 23.7 Å². The fourth-order valence-electron chi connectivity index (χ4n) is 8.82. The molecule has 0 atom stereocenters. The molecule has 6 aromatic carbocycles. The van der Waals surface area contributed by atoms with Crippen molar-refractivity contribution in [2.24, 2.45) is 0 Å². The van der Waals surface area contributed by atoms with Gasteiger partial charge in [-0.05, 0) is 68.0 Å². The summed E-state index contributed by atoms with van der Waals surface area (Å²) in [4.78, 5) is 10.8. The van der Waals surface area contributed by atoms with Crippen LogP contribution in [-0.4, -0.2) is 23.7 Å². The minimum absolute atomic E-state index is 0.594. The molecule has 0 bridgehead atoms. The van der Waals surface area contributed by atoms with E-state index in [1.54, 1.807) is 0 Å². The van der Waals surface area contributed by atoms with Crippen LogP contribution in [-0.2, 0) is 0 Å². The van der Waals surface area contributed by atoms with Crippen LogP contribution in [0.5, 0.6) is 0 Å². The Bertz CT molecular complexity index is 3380. The molecule has 4 heterocycles. The molecule has 282 valence electrons. The first-order chi connectivity index (χ1) is 29.1. The highest BCUT2D eigenvalue weighted by Crippen LogP contribution is 2.42. The number of hydrogen-bond donors (Lipinski definition) is 0. The Hall–Kier alpha value is -7.76. The summed E-state index contributed by atoms with van der Waals surface area (Å²) >= 11 is 0. The van der Waals surface area contributed by atoms with Crippen molar-refractivity contribution in [1.29, 1.82) is 0 Å². The van der Waals surface area contributed by atoms with Crippen molar-refractivity contribution < 1.29 is 0 Å². The summed E-state index contributed by atoms with van der Waals surface area (Å²) in [5.41, 5.74) is 13.3. The van der Waals surface area contributed by atoms with E-state index in [2.05, 4.69) is 192 Å². The summed E-state index contributed by atoms with van der Waals surface area (Å²) < 4.78 is 7.04. The lowest BCUT2D eigenvalue weighted by molar-refractivity contribution is 0.983. The molecule has 0 N–H and O–H groups in total. The van der Waals surface area contributed by atoms with Crippen LogP contribution in [0.2, 0.25) is 0 Å². The zero-order valence-corrected chi connectivity index (χ0v) is 33.0. The SMILES string of the molecule is C=C/C=C(\C=C/C)c1cc(-c2ccccc2)nc(-n2c3ccccc3c3ccc4c5ccccc5n(-c5cccc(-n6c(/C=C\C)c(C=C)c7ccccc76)c5)c4c32)n1. The second-order valence-electron chi connectivity index (χ2n) is 14.6. The van der Waals surface area contributed by atoms with Gasteiger partial charge in [0.15, 0.2) is 0 Å². The Labute approximate surface area is 343 Å². The third kappa shape index (κ3) is 5.70. The monoisotopic (exact) mass is 759 g/mol. The number of para-hydroxylation sites is 3. The highest BCUT2D eigenvalue weighted by Gasteiger charge is 2.24. The van der Waals surface area contributed by atoms with Crippen LogP contribution in [0.25, 0.3) is 101 Å². The average molecular weight is 760 g/mol. The molecule has 0 amide bonds. The molecular formula is C54H41N5. The second kappa shape index (κ2) is 14.6. The van der Waals surface area contributed by atoms with E-state index in [1.807, 2.05) is 37.3 Å². The van der Waals surface area contributed by atoms with Crippen molar-refractivity contribution >= 4 is 72.2 Å². The zero-order valence-electron chi connectivity index (χ0n) is 33.0. The van der Waals surface area contributed by atoms with E-state index >= 15 is 0 Å². The molecule has 5 nitrogen and oxygen atoms in total. The summed E-state index contributed by atoms with van der Waals surface area (Å²) in [6.45, 7) is 12.3. The Balaban J connectivity index is 1.33. The van der Waals surface area contributed by atoms with Crippen LogP contribution in [0.15, 0.2) is 189 Å².